The second kappa shape index (κ2) is 11.4. The molecular formula is C50H29N3. The van der Waals surface area contributed by atoms with Crippen molar-refractivity contribution in [3.05, 3.63) is 182 Å². The lowest BCUT2D eigenvalue weighted by molar-refractivity contribution is 1.18. The molecule has 11 rings (SSSR count). The SMILES string of the molecule is N#Cc1ccc2c3c1ccc1c(-c4ccc(-c5cc6c7ccccc7c(-c7ccccc7)cc6c6ccccc56)cn4)ccc(c13)n2-c1ccccc1. The maximum absolute atomic E-state index is 10.0. The molecule has 0 saturated heterocycles. The van der Waals surface area contributed by atoms with Crippen LogP contribution in [0.1, 0.15) is 5.56 Å². The van der Waals surface area contributed by atoms with Crippen LogP contribution in [-0.2, 0) is 0 Å². The molecular weight excluding hydrogens is 643 g/mol. The van der Waals surface area contributed by atoms with Gasteiger partial charge in [0.2, 0.25) is 0 Å². The van der Waals surface area contributed by atoms with Crippen LogP contribution in [0.4, 0.5) is 0 Å². The first-order chi connectivity index (χ1) is 26.3. The normalized spacial score (nSPS) is 11.8. The van der Waals surface area contributed by atoms with Gasteiger partial charge in [-0.1, -0.05) is 121 Å². The molecule has 2 aromatic heterocycles. The van der Waals surface area contributed by atoms with E-state index in [2.05, 4.69) is 168 Å². The Hall–Kier alpha value is -7.28. The fourth-order valence-electron chi connectivity index (χ4n) is 8.69. The molecule has 0 aliphatic carbocycles. The number of para-hydroxylation sites is 1. The summed E-state index contributed by atoms with van der Waals surface area (Å²) >= 11 is 0. The summed E-state index contributed by atoms with van der Waals surface area (Å²) < 4.78 is 2.31. The lowest BCUT2D eigenvalue weighted by atomic mass is 9.88. The summed E-state index contributed by atoms with van der Waals surface area (Å²) in [4.78, 5) is 5.15. The molecule has 0 bridgehead atoms. The first kappa shape index (κ1) is 29.5. The van der Waals surface area contributed by atoms with Crippen molar-refractivity contribution >= 4 is 64.9 Å². The van der Waals surface area contributed by atoms with Crippen LogP contribution in [0.25, 0.3) is 104 Å². The first-order valence-corrected chi connectivity index (χ1v) is 17.9. The minimum absolute atomic E-state index is 0.686. The Balaban J connectivity index is 1.10. The van der Waals surface area contributed by atoms with Gasteiger partial charge in [-0.05, 0) is 103 Å². The Labute approximate surface area is 305 Å². The van der Waals surface area contributed by atoms with Crippen molar-refractivity contribution in [3.8, 4) is 45.3 Å². The quantitative estimate of drug-likeness (QED) is 0.175. The monoisotopic (exact) mass is 671 g/mol. The summed E-state index contributed by atoms with van der Waals surface area (Å²) in [5.74, 6) is 0. The van der Waals surface area contributed by atoms with Gasteiger partial charge >= 0.3 is 0 Å². The highest BCUT2D eigenvalue weighted by atomic mass is 15.0. The molecule has 0 fully saturated rings. The number of hydrogen-bond acceptors (Lipinski definition) is 2. The van der Waals surface area contributed by atoms with Gasteiger partial charge in [-0.25, -0.2) is 0 Å². The number of nitrogens with zero attached hydrogens (tertiary/aromatic N) is 3. The van der Waals surface area contributed by atoms with E-state index in [1.807, 2.05) is 18.3 Å². The lowest BCUT2D eigenvalue weighted by Gasteiger charge is -2.16. The maximum Gasteiger partial charge on any atom is 0.0998 e. The number of fused-ring (bicyclic) bond motifs is 5. The highest BCUT2D eigenvalue weighted by Crippen LogP contribution is 2.44. The summed E-state index contributed by atoms with van der Waals surface area (Å²) in [7, 11) is 0. The standard InChI is InChI=1S/C50H29N3/c51-29-32-20-25-47-49-35(32)21-22-41-40(23-26-48(50(41)49)53(47)34-13-5-2-6-14-34)46-24-19-33(30-52-46)43-28-45-38-17-9-7-15-36(38)42(31-11-3-1-4-12-31)27-44(45)39-18-10-8-16-37(39)43/h1-28,30H. The second-order valence-corrected chi connectivity index (χ2v) is 13.8. The molecule has 53 heavy (non-hydrogen) atoms. The van der Waals surface area contributed by atoms with Crippen molar-refractivity contribution in [2.24, 2.45) is 0 Å². The van der Waals surface area contributed by atoms with Crippen LogP contribution < -0.4 is 0 Å². The lowest BCUT2D eigenvalue weighted by Crippen LogP contribution is -1.93. The third-order valence-corrected chi connectivity index (χ3v) is 11.0. The summed E-state index contributed by atoms with van der Waals surface area (Å²) in [6, 6.07) is 62.9. The molecule has 0 aliphatic rings. The van der Waals surface area contributed by atoms with Crippen molar-refractivity contribution in [3.63, 3.8) is 0 Å². The molecule has 0 radical (unpaired) electrons. The number of nitriles is 1. The average Bonchev–Trinajstić information content (AvgIpc) is 3.58. The Morgan fingerprint density at radius 2 is 0.981 bits per heavy atom. The topological polar surface area (TPSA) is 41.6 Å². The van der Waals surface area contributed by atoms with Gasteiger partial charge in [0.15, 0.2) is 0 Å². The molecule has 0 spiro atoms. The minimum Gasteiger partial charge on any atom is -0.309 e. The summed E-state index contributed by atoms with van der Waals surface area (Å²) in [6.45, 7) is 0. The van der Waals surface area contributed by atoms with Crippen LogP contribution in [0.2, 0.25) is 0 Å². The van der Waals surface area contributed by atoms with Crippen LogP contribution in [0, 0.1) is 11.3 Å². The minimum atomic E-state index is 0.686. The van der Waals surface area contributed by atoms with E-state index >= 15 is 0 Å². The second-order valence-electron chi connectivity index (χ2n) is 13.8. The van der Waals surface area contributed by atoms with Gasteiger partial charge in [-0.15, -0.1) is 0 Å². The van der Waals surface area contributed by atoms with Gasteiger partial charge in [0.25, 0.3) is 0 Å². The number of pyridine rings is 1. The molecule has 0 N–H and O–H groups in total. The molecule has 0 aliphatic heterocycles. The van der Waals surface area contributed by atoms with Crippen molar-refractivity contribution in [1.82, 2.24) is 9.55 Å². The van der Waals surface area contributed by atoms with Crippen LogP contribution in [-0.4, -0.2) is 9.55 Å². The van der Waals surface area contributed by atoms with E-state index in [4.69, 9.17) is 4.98 Å². The van der Waals surface area contributed by atoms with Crippen molar-refractivity contribution in [2.75, 3.05) is 0 Å². The fraction of sp³-hybridized carbons (Fsp3) is 0. The molecule has 0 unspecified atom stereocenters. The van der Waals surface area contributed by atoms with Gasteiger partial charge in [0.05, 0.1) is 28.4 Å². The van der Waals surface area contributed by atoms with E-state index in [9.17, 15) is 5.26 Å². The average molecular weight is 672 g/mol. The molecule has 244 valence electrons. The molecule has 9 aromatic carbocycles. The number of benzene rings is 9. The predicted molar refractivity (Wildman–Crippen MR) is 221 cm³/mol. The third kappa shape index (κ3) is 4.30. The Morgan fingerprint density at radius 1 is 0.415 bits per heavy atom. The van der Waals surface area contributed by atoms with E-state index in [1.165, 1.54) is 49.0 Å². The van der Waals surface area contributed by atoms with Crippen molar-refractivity contribution in [2.45, 2.75) is 0 Å². The van der Waals surface area contributed by atoms with Crippen LogP contribution in [0.5, 0.6) is 0 Å². The van der Waals surface area contributed by atoms with Gasteiger partial charge in [-0.3, -0.25) is 4.98 Å². The predicted octanol–water partition coefficient (Wildman–Crippen LogP) is 13.1. The van der Waals surface area contributed by atoms with E-state index < -0.39 is 0 Å². The van der Waals surface area contributed by atoms with E-state index in [0.29, 0.717) is 5.56 Å². The Kier molecular flexibility index (Phi) is 6.32. The van der Waals surface area contributed by atoms with Gasteiger partial charge in [-0.2, -0.15) is 5.26 Å². The van der Waals surface area contributed by atoms with E-state index in [0.717, 1.165) is 55.1 Å². The summed E-state index contributed by atoms with van der Waals surface area (Å²) in [6.07, 6.45) is 2.03. The van der Waals surface area contributed by atoms with Crippen LogP contribution in [0.3, 0.4) is 0 Å². The smallest absolute Gasteiger partial charge is 0.0998 e. The number of hydrogen-bond donors (Lipinski definition) is 0. The molecule has 2 heterocycles. The zero-order chi connectivity index (χ0) is 35.0. The van der Waals surface area contributed by atoms with Crippen molar-refractivity contribution in [1.29, 1.82) is 5.26 Å². The largest absolute Gasteiger partial charge is 0.309 e. The highest BCUT2D eigenvalue weighted by molar-refractivity contribution is 6.27. The molecule has 0 atom stereocenters. The third-order valence-electron chi connectivity index (χ3n) is 11.0. The van der Waals surface area contributed by atoms with E-state index in [-0.39, 0.29) is 0 Å². The van der Waals surface area contributed by atoms with Gasteiger partial charge in [0, 0.05) is 39.2 Å². The molecule has 0 saturated carbocycles. The van der Waals surface area contributed by atoms with Crippen LogP contribution in [0.15, 0.2) is 176 Å². The number of aromatic nitrogens is 2. The zero-order valence-electron chi connectivity index (χ0n) is 28.6. The molecule has 11 aromatic rings. The molecule has 3 heteroatoms. The van der Waals surface area contributed by atoms with Crippen molar-refractivity contribution < 1.29 is 0 Å². The van der Waals surface area contributed by atoms with Gasteiger partial charge in [0.1, 0.15) is 0 Å². The Bertz CT molecular complexity index is 3260. The molecule has 0 amide bonds. The summed E-state index contributed by atoms with van der Waals surface area (Å²) in [5, 5.41) is 21.8. The zero-order valence-corrected chi connectivity index (χ0v) is 28.6. The Morgan fingerprint density at radius 3 is 1.62 bits per heavy atom. The van der Waals surface area contributed by atoms with Gasteiger partial charge < -0.3 is 4.57 Å². The first-order valence-electron chi connectivity index (χ1n) is 17.9. The highest BCUT2D eigenvalue weighted by Gasteiger charge is 2.21. The molecule has 3 nitrogen and oxygen atoms in total. The van der Waals surface area contributed by atoms with Crippen LogP contribution >= 0.6 is 0 Å². The summed E-state index contributed by atoms with van der Waals surface area (Å²) in [5.41, 5.74) is 10.7. The van der Waals surface area contributed by atoms with E-state index in [1.54, 1.807) is 0 Å². The number of rotatable bonds is 4. The fourth-order valence-corrected chi connectivity index (χ4v) is 8.69. The maximum atomic E-state index is 10.0.